The molecule has 0 atom stereocenters. The number of aromatic nitrogens is 3. The number of hydrogen-bond acceptors (Lipinski definition) is 4. The molecule has 1 heterocycles. The molecule has 1 N–H and O–H groups in total. The van der Waals surface area contributed by atoms with E-state index in [9.17, 15) is 0 Å². The number of nitrogens with one attached hydrogen (secondary N) is 1. The molecule has 29 heavy (non-hydrogen) atoms. The molecular weight excluding hydrogens is 380 g/mol. The summed E-state index contributed by atoms with van der Waals surface area (Å²) in [5, 5.41) is 7.51. The van der Waals surface area contributed by atoms with Crippen molar-refractivity contribution >= 4 is 17.9 Å². The SMILES string of the molecule is COc1ccc(-n2c(-c3cccc(C(C)C)c3)n[nH]c2=S)cc1N(C)CC1CC1. The highest BCUT2D eigenvalue weighted by Gasteiger charge is 2.24. The number of methoxy groups -OCH3 is 1. The van der Waals surface area contributed by atoms with Gasteiger partial charge in [-0.3, -0.25) is 9.67 Å². The first kappa shape index (κ1) is 19.7. The molecule has 0 amide bonds. The number of anilines is 1. The molecule has 4 rings (SSSR count). The van der Waals surface area contributed by atoms with Crippen LogP contribution in [0.15, 0.2) is 42.5 Å². The van der Waals surface area contributed by atoms with E-state index in [1.54, 1.807) is 7.11 Å². The van der Waals surface area contributed by atoms with Gasteiger partial charge >= 0.3 is 0 Å². The van der Waals surface area contributed by atoms with Crippen molar-refractivity contribution in [1.82, 2.24) is 14.8 Å². The van der Waals surface area contributed by atoms with Crippen LogP contribution in [0.4, 0.5) is 5.69 Å². The van der Waals surface area contributed by atoms with Crippen LogP contribution >= 0.6 is 12.2 Å². The minimum absolute atomic E-state index is 0.453. The highest BCUT2D eigenvalue weighted by Crippen LogP contribution is 2.36. The van der Waals surface area contributed by atoms with Crippen molar-refractivity contribution in [2.45, 2.75) is 32.6 Å². The minimum Gasteiger partial charge on any atom is -0.495 e. The maximum absolute atomic E-state index is 5.63. The van der Waals surface area contributed by atoms with Crippen LogP contribution in [-0.2, 0) is 0 Å². The zero-order chi connectivity index (χ0) is 20.5. The molecule has 6 heteroatoms. The topological polar surface area (TPSA) is 46.1 Å². The van der Waals surface area contributed by atoms with Crippen molar-refractivity contribution in [3.05, 3.63) is 52.8 Å². The van der Waals surface area contributed by atoms with Gasteiger partial charge in [-0.15, -0.1) is 0 Å². The quantitative estimate of drug-likeness (QED) is 0.519. The summed E-state index contributed by atoms with van der Waals surface area (Å²) in [6, 6.07) is 14.7. The van der Waals surface area contributed by atoms with Gasteiger partial charge in [-0.05, 0) is 66.7 Å². The Morgan fingerprint density at radius 1 is 1.24 bits per heavy atom. The molecule has 3 aromatic rings. The number of rotatable bonds is 7. The van der Waals surface area contributed by atoms with Crippen LogP contribution in [-0.4, -0.2) is 35.5 Å². The maximum atomic E-state index is 5.63. The third-order valence-corrected chi connectivity index (χ3v) is 5.82. The van der Waals surface area contributed by atoms with Crippen LogP contribution in [0.2, 0.25) is 0 Å². The molecule has 1 aliphatic rings. The van der Waals surface area contributed by atoms with Crippen LogP contribution in [0.1, 0.15) is 38.2 Å². The lowest BCUT2D eigenvalue weighted by atomic mass is 10.0. The van der Waals surface area contributed by atoms with Crippen molar-refractivity contribution in [2.75, 3.05) is 25.6 Å². The standard InChI is InChI=1S/C23H28N4OS/c1-15(2)17-6-5-7-18(12-17)22-24-25-23(29)27(22)19-10-11-21(28-4)20(13-19)26(3)14-16-8-9-16/h5-7,10-13,15-16H,8-9,14H2,1-4H3,(H,25,29). The van der Waals surface area contributed by atoms with Crippen molar-refractivity contribution in [3.63, 3.8) is 0 Å². The van der Waals surface area contributed by atoms with Gasteiger partial charge < -0.3 is 9.64 Å². The summed E-state index contributed by atoms with van der Waals surface area (Å²) in [7, 11) is 3.84. The van der Waals surface area contributed by atoms with Crippen molar-refractivity contribution in [1.29, 1.82) is 0 Å². The molecule has 1 fully saturated rings. The monoisotopic (exact) mass is 408 g/mol. The molecule has 1 aliphatic carbocycles. The highest BCUT2D eigenvalue weighted by molar-refractivity contribution is 7.71. The summed E-state index contributed by atoms with van der Waals surface area (Å²) in [5.74, 6) is 2.93. The lowest BCUT2D eigenvalue weighted by Gasteiger charge is -2.22. The van der Waals surface area contributed by atoms with Crippen molar-refractivity contribution in [3.8, 4) is 22.8 Å². The first-order chi connectivity index (χ1) is 14.0. The minimum atomic E-state index is 0.453. The Morgan fingerprint density at radius 2 is 2.03 bits per heavy atom. The van der Waals surface area contributed by atoms with Gasteiger partial charge in [-0.25, -0.2) is 0 Å². The smallest absolute Gasteiger partial charge is 0.200 e. The van der Waals surface area contributed by atoms with E-state index >= 15 is 0 Å². The lowest BCUT2D eigenvalue weighted by Crippen LogP contribution is -2.20. The molecular formula is C23H28N4OS. The van der Waals surface area contributed by atoms with Gasteiger partial charge in [0, 0.05) is 19.2 Å². The summed E-state index contributed by atoms with van der Waals surface area (Å²) < 4.78 is 8.21. The van der Waals surface area contributed by atoms with Gasteiger partial charge in [-0.1, -0.05) is 32.0 Å². The van der Waals surface area contributed by atoms with Crippen molar-refractivity contribution < 1.29 is 4.74 Å². The van der Waals surface area contributed by atoms with E-state index in [1.165, 1.54) is 18.4 Å². The normalized spacial score (nSPS) is 13.7. The summed E-state index contributed by atoms with van der Waals surface area (Å²) in [4.78, 5) is 2.28. The second kappa shape index (κ2) is 8.03. The third kappa shape index (κ3) is 4.08. The highest BCUT2D eigenvalue weighted by atomic mass is 32.1. The summed E-state index contributed by atoms with van der Waals surface area (Å²) in [6.45, 7) is 5.43. The zero-order valence-electron chi connectivity index (χ0n) is 17.5. The van der Waals surface area contributed by atoms with E-state index in [-0.39, 0.29) is 0 Å². The van der Waals surface area contributed by atoms with Gasteiger partial charge in [0.25, 0.3) is 0 Å². The second-order valence-corrected chi connectivity index (χ2v) is 8.53. The van der Waals surface area contributed by atoms with E-state index in [0.29, 0.717) is 10.7 Å². The largest absolute Gasteiger partial charge is 0.495 e. The van der Waals surface area contributed by atoms with E-state index in [0.717, 1.165) is 41.0 Å². The molecule has 0 unspecified atom stereocenters. The fourth-order valence-electron chi connectivity index (χ4n) is 3.67. The van der Waals surface area contributed by atoms with Crippen LogP contribution in [0.5, 0.6) is 5.75 Å². The number of ether oxygens (including phenoxy) is 1. The van der Waals surface area contributed by atoms with Crippen LogP contribution in [0.3, 0.4) is 0 Å². The molecule has 0 spiro atoms. The molecule has 0 radical (unpaired) electrons. The van der Waals surface area contributed by atoms with Gasteiger partial charge in [0.05, 0.1) is 18.5 Å². The molecule has 0 saturated heterocycles. The number of nitrogens with zero attached hydrogens (tertiary/aromatic N) is 3. The number of hydrogen-bond donors (Lipinski definition) is 1. The Morgan fingerprint density at radius 3 is 2.72 bits per heavy atom. The first-order valence-electron chi connectivity index (χ1n) is 10.1. The predicted octanol–water partition coefficient (Wildman–Crippen LogP) is 5.58. The van der Waals surface area contributed by atoms with E-state index in [4.69, 9.17) is 17.0 Å². The molecule has 5 nitrogen and oxygen atoms in total. The number of benzene rings is 2. The molecule has 1 aromatic heterocycles. The first-order valence-corrected chi connectivity index (χ1v) is 10.6. The lowest BCUT2D eigenvalue weighted by molar-refractivity contribution is 0.414. The Balaban J connectivity index is 1.78. The van der Waals surface area contributed by atoms with Crippen LogP contribution < -0.4 is 9.64 Å². The van der Waals surface area contributed by atoms with E-state index in [1.807, 2.05) is 16.7 Å². The summed E-state index contributed by atoms with van der Waals surface area (Å²) >= 11 is 5.59. The summed E-state index contributed by atoms with van der Waals surface area (Å²) in [5.41, 5.74) is 4.38. The second-order valence-electron chi connectivity index (χ2n) is 8.15. The van der Waals surface area contributed by atoms with Crippen molar-refractivity contribution in [2.24, 2.45) is 5.92 Å². The van der Waals surface area contributed by atoms with Gasteiger partial charge in [0.15, 0.2) is 10.6 Å². The fraction of sp³-hybridized carbons (Fsp3) is 0.391. The Kier molecular flexibility index (Phi) is 5.46. The molecule has 0 bridgehead atoms. The molecule has 0 aliphatic heterocycles. The van der Waals surface area contributed by atoms with Gasteiger partial charge in [-0.2, -0.15) is 5.10 Å². The Bertz CT molecular complexity index is 1060. The third-order valence-electron chi connectivity index (χ3n) is 5.54. The number of H-pyrrole nitrogens is 1. The molecule has 2 aromatic carbocycles. The van der Waals surface area contributed by atoms with Crippen LogP contribution in [0.25, 0.3) is 17.1 Å². The number of aromatic amines is 1. The average molecular weight is 409 g/mol. The predicted molar refractivity (Wildman–Crippen MR) is 121 cm³/mol. The Hall–Kier alpha value is -2.60. The fourth-order valence-corrected chi connectivity index (χ4v) is 3.91. The van der Waals surface area contributed by atoms with Gasteiger partial charge in [0.2, 0.25) is 0 Å². The van der Waals surface area contributed by atoms with Gasteiger partial charge in [0.1, 0.15) is 5.75 Å². The maximum Gasteiger partial charge on any atom is 0.200 e. The molecule has 1 saturated carbocycles. The van der Waals surface area contributed by atoms with E-state index < -0.39 is 0 Å². The average Bonchev–Trinajstić information content (AvgIpc) is 3.46. The van der Waals surface area contributed by atoms with Crippen LogP contribution in [0, 0.1) is 10.7 Å². The Labute approximate surface area is 177 Å². The van der Waals surface area contributed by atoms with E-state index in [2.05, 4.69) is 66.3 Å². The summed E-state index contributed by atoms with van der Waals surface area (Å²) in [6.07, 6.45) is 2.63. The zero-order valence-corrected chi connectivity index (χ0v) is 18.3. The molecule has 152 valence electrons.